The number of nitrogens with zero attached hydrogens (tertiary/aromatic N) is 1. The summed E-state index contributed by atoms with van der Waals surface area (Å²) < 4.78 is 23.0. The zero-order valence-corrected chi connectivity index (χ0v) is 59.4. The fourth-order valence-electron chi connectivity index (χ4n) is 11.7. The Kier molecular flexibility index (Phi) is 68.4. The fourth-order valence-corrected chi connectivity index (χ4v) is 11.7. The Labute approximate surface area is 547 Å². The predicted molar refractivity (Wildman–Crippen MR) is 378 cm³/mol. The molecule has 2 atom stereocenters. The molecule has 9 nitrogen and oxygen atoms in total. The Morgan fingerprint density at radius 3 is 0.909 bits per heavy atom. The van der Waals surface area contributed by atoms with E-state index < -0.39 is 18.4 Å². The highest BCUT2D eigenvalue weighted by atomic mass is 16.7. The molecule has 0 bridgehead atoms. The maximum atomic E-state index is 13.0. The second-order valence-corrected chi connectivity index (χ2v) is 27.7. The minimum atomic E-state index is -1.51. The monoisotopic (exact) mass is 1240 g/mol. The third-order valence-electron chi connectivity index (χ3n) is 17.6. The van der Waals surface area contributed by atoms with Gasteiger partial charge in [-0.25, -0.2) is 4.79 Å². The molecule has 1 N–H and O–H groups in total. The van der Waals surface area contributed by atoms with Crippen molar-refractivity contribution < 1.29 is 42.9 Å². The molecule has 0 radical (unpaired) electrons. The van der Waals surface area contributed by atoms with Gasteiger partial charge >= 0.3 is 17.9 Å². The van der Waals surface area contributed by atoms with Crippen LogP contribution in [0.25, 0.3) is 0 Å². The van der Waals surface area contributed by atoms with Crippen LogP contribution in [0.2, 0.25) is 0 Å². The van der Waals surface area contributed by atoms with E-state index in [1.54, 1.807) is 0 Å². The van der Waals surface area contributed by atoms with Crippen molar-refractivity contribution in [2.45, 2.75) is 405 Å². The van der Waals surface area contributed by atoms with Gasteiger partial charge in [0.05, 0.1) is 34.4 Å². The van der Waals surface area contributed by atoms with Crippen molar-refractivity contribution in [3.63, 3.8) is 0 Å². The number of hydrogen-bond acceptors (Lipinski definition) is 7. The molecule has 0 saturated heterocycles. The molecule has 0 aromatic carbocycles. The van der Waals surface area contributed by atoms with Crippen LogP contribution < -0.4 is 0 Å². The quantitative estimate of drug-likeness (QED) is 0.0211. The molecule has 0 aliphatic carbocycles. The molecule has 9 heteroatoms. The smallest absolute Gasteiger partial charge is 0.361 e. The summed E-state index contributed by atoms with van der Waals surface area (Å²) in [7, 11) is 6.00. The number of likely N-dealkylation sites (N-methyl/N-ethyl adjacent to an activating group) is 1. The first-order chi connectivity index (χ1) is 43.1. The van der Waals surface area contributed by atoms with Crippen LogP contribution in [0.1, 0.15) is 393 Å². The molecule has 0 saturated carbocycles. The number of esters is 2. The van der Waals surface area contributed by atoms with Crippen LogP contribution >= 0.6 is 0 Å². The molecular weight excluding hydrogens is 1090 g/mol. The molecule has 518 valence electrons. The van der Waals surface area contributed by atoms with Gasteiger partial charge in [-0.2, -0.15) is 0 Å². The van der Waals surface area contributed by atoms with Crippen molar-refractivity contribution in [3.8, 4) is 0 Å². The first-order valence-corrected chi connectivity index (χ1v) is 38.7. The van der Waals surface area contributed by atoms with Gasteiger partial charge in [0.25, 0.3) is 6.29 Å². The van der Waals surface area contributed by atoms with Gasteiger partial charge < -0.3 is 28.5 Å². The second-order valence-electron chi connectivity index (χ2n) is 27.7. The Morgan fingerprint density at radius 1 is 0.341 bits per heavy atom. The minimum Gasteiger partial charge on any atom is -0.477 e. The van der Waals surface area contributed by atoms with Crippen LogP contribution in [-0.2, 0) is 33.3 Å². The lowest BCUT2D eigenvalue weighted by atomic mass is 10.0. The lowest BCUT2D eigenvalue weighted by Gasteiger charge is -2.25. The molecule has 0 aromatic heterocycles. The highest BCUT2D eigenvalue weighted by Gasteiger charge is 2.25. The van der Waals surface area contributed by atoms with Crippen molar-refractivity contribution >= 4 is 17.9 Å². The number of hydrogen-bond donors (Lipinski definition) is 1. The first kappa shape index (κ1) is 85.5. The van der Waals surface area contributed by atoms with E-state index in [1.807, 2.05) is 21.1 Å². The number of rotatable bonds is 73. The Morgan fingerprint density at radius 2 is 0.614 bits per heavy atom. The maximum Gasteiger partial charge on any atom is 0.361 e. The van der Waals surface area contributed by atoms with Crippen LogP contribution in [0.5, 0.6) is 0 Å². The van der Waals surface area contributed by atoms with Gasteiger partial charge in [-0.3, -0.25) is 9.59 Å². The summed E-state index contributed by atoms with van der Waals surface area (Å²) in [6.45, 7) is 4.94. The lowest BCUT2D eigenvalue weighted by Crippen LogP contribution is -2.40. The number of carboxylic acids is 1. The van der Waals surface area contributed by atoms with Gasteiger partial charge in [-0.1, -0.05) is 365 Å². The fraction of sp³-hybridized carbons (Fsp3) is 0.886. The molecule has 2 unspecified atom stereocenters. The normalized spacial score (nSPS) is 12.8. The molecule has 88 heavy (non-hydrogen) atoms. The average molecular weight is 1240 g/mol. The molecule has 0 aliphatic heterocycles. The van der Waals surface area contributed by atoms with Crippen LogP contribution in [0.3, 0.4) is 0 Å². The second kappa shape index (κ2) is 70.4. The van der Waals surface area contributed by atoms with Gasteiger partial charge in [0, 0.05) is 12.8 Å². The summed E-state index contributed by atoms with van der Waals surface area (Å²) in [5.41, 5.74) is 0. The van der Waals surface area contributed by atoms with Gasteiger partial charge in [0.1, 0.15) is 13.2 Å². The average Bonchev–Trinajstić information content (AvgIpc) is 3.50. The summed E-state index contributed by atoms with van der Waals surface area (Å²) >= 11 is 0. The van der Waals surface area contributed by atoms with Crippen LogP contribution in [0.15, 0.2) is 36.5 Å². The number of allylic oxidation sites excluding steroid dienone is 6. The molecule has 0 aliphatic rings. The molecule has 0 fully saturated rings. The highest BCUT2D eigenvalue weighted by molar-refractivity contribution is 5.71. The van der Waals surface area contributed by atoms with Gasteiger partial charge in [-0.05, 0) is 51.4 Å². The van der Waals surface area contributed by atoms with Crippen LogP contribution in [0.4, 0.5) is 0 Å². The first-order valence-electron chi connectivity index (χ1n) is 38.7. The molecule has 0 amide bonds. The number of carbonyl (C=O) groups is 3. The molecule has 0 heterocycles. The molecule has 0 rings (SSSR count). The maximum absolute atomic E-state index is 13.0. The number of quaternary nitrogens is 1. The standard InChI is InChI=1S/C79H149NO8/c1-6-8-10-12-14-16-18-20-22-24-26-28-30-32-34-36-38-40-41-43-45-47-49-51-53-55-57-59-61-63-65-67-69-76(81)86-73-75(74-87-79(78(83)84)85-72-71-80(3,4)5)88-77(82)70-68-66-64-62-60-58-56-54-52-50-48-46-44-42-39-37-35-33-31-29-27-25-23-21-19-17-15-13-11-9-7-2/h19,21,25,27,31,33,75,79H,6-18,20,22-24,26,28-30,32,34-74H2,1-5H3/p+1/b21-19-,27-25-,33-31-. The van der Waals surface area contributed by atoms with Gasteiger partial charge in [-0.15, -0.1) is 0 Å². The largest absolute Gasteiger partial charge is 0.477 e. The summed E-state index contributed by atoms with van der Waals surface area (Å²) in [6.07, 6.45) is 87.2. The van der Waals surface area contributed by atoms with E-state index in [0.717, 1.165) is 51.4 Å². The Hall–Kier alpha value is -2.49. The van der Waals surface area contributed by atoms with E-state index in [-0.39, 0.29) is 38.2 Å². The zero-order chi connectivity index (χ0) is 64.0. The van der Waals surface area contributed by atoms with E-state index in [1.165, 1.54) is 315 Å². The third-order valence-corrected chi connectivity index (χ3v) is 17.6. The molecule has 0 spiro atoms. The van der Waals surface area contributed by atoms with Crippen LogP contribution in [0, 0.1) is 0 Å². The molecule has 0 aromatic rings. The summed E-state index contributed by atoms with van der Waals surface area (Å²) in [4.78, 5) is 37.7. The zero-order valence-electron chi connectivity index (χ0n) is 59.4. The predicted octanol–water partition coefficient (Wildman–Crippen LogP) is 24.3. The van der Waals surface area contributed by atoms with E-state index in [9.17, 15) is 19.5 Å². The summed E-state index contributed by atoms with van der Waals surface area (Å²) in [5.74, 6) is -1.97. The van der Waals surface area contributed by atoms with Crippen molar-refractivity contribution in [3.05, 3.63) is 36.5 Å². The Balaban J connectivity index is 4.01. The van der Waals surface area contributed by atoms with Crippen molar-refractivity contribution in [1.82, 2.24) is 0 Å². The number of aliphatic carboxylic acids is 1. The summed E-state index contributed by atoms with van der Waals surface area (Å²) in [6, 6.07) is 0. The third kappa shape index (κ3) is 71.0. The Bertz CT molecular complexity index is 1540. The van der Waals surface area contributed by atoms with Gasteiger partial charge in [0.2, 0.25) is 0 Å². The lowest BCUT2D eigenvalue weighted by molar-refractivity contribution is -0.870. The topological polar surface area (TPSA) is 108 Å². The van der Waals surface area contributed by atoms with Crippen LogP contribution in [-0.4, -0.2) is 87.4 Å². The van der Waals surface area contributed by atoms with Gasteiger partial charge in [0.15, 0.2) is 6.10 Å². The van der Waals surface area contributed by atoms with E-state index in [0.29, 0.717) is 17.4 Å². The number of carbonyl (C=O) groups excluding carboxylic acids is 2. The minimum absolute atomic E-state index is 0.176. The highest BCUT2D eigenvalue weighted by Crippen LogP contribution is 2.20. The number of ether oxygens (including phenoxy) is 4. The SMILES string of the molecule is CCCCCCC/C=C\C/C=C\C/C=C\CCCCCCCCCCCCCCCCCCC(=O)OC(COC(=O)CCCCCCCCCCCCCCCCCCCCCCCCCCCCCCCCCC)COC(OCC[N+](C)(C)C)C(=O)O. The molecular formula is C79H150NO8+. The van der Waals surface area contributed by atoms with Crippen molar-refractivity contribution in [2.75, 3.05) is 47.5 Å². The van der Waals surface area contributed by atoms with E-state index in [2.05, 4.69) is 50.3 Å². The summed E-state index contributed by atoms with van der Waals surface area (Å²) in [5, 5.41) is 9.76. The van der Waals surface area contributed by atoms with E-state index >= 15 is 0 Å². The number of carboxylic acid groups (broad SMARTS) is 1. The number of unbranched alkanes of at least 4 members (excludes halogenated alkanes) is 52. The van der Waals surface area contributed by atoms with Crippen molar-refractivity contribution in [1.29, 1.82) is 0 Å². The van der Waals surface area contributed by atoms with E-state index in [4.69, 9.17) is 18.9 Å². The van der Waals surface area contributed by atoms with Crippen molar-refractivity contribution in [2.24, 2.45) is 0 Å².